The molecule has 92 valence electrons. The summed E-state index contributed by atoms with van der Waals surface area (Å²) in [5.41, 5.74) is 1.42. The lowest BCUT2D eigenvalue weighted by molar-refractivity contribution is 0.0660. The highest BCUT2D eigenvalue weighted by Crippen LogP contribution is 2.31. The number of carbonyl (C=O) groups excluding carboxylic acids is 1. The van der Waals surface area contributed by atoms with Crippen LogP contribution in [0.4, 0.5) is 0 Å². The van der Waals surface area contributed by atoms with Gasteiger partial charge < -0.3 is 10.2 Å². The van der Waals surface area contributed by atoms with Crippen LogP contribution < -0.4 is 5.32 Å². The predicted octanol–water partition coefficient (Wildman–Crippen LogP) is 1.67. The summed E-state index contributed by atoms with van der Waals surface area (Å²) >= 11 is 1.71. The molecular formula is C13H18N2OS. The number of nitrogens with one attached hydrogen (secondary N) is 1. The first-order valence-electron chi connectivity index (χ1n) is 6.39. The van der Waals surface area contributed by atoms with Gasteiger partial charge in [-0.05, 0) is 37.8 Å². The van der Waals surface area contributed by atoms with Crippen LogP contribution in [0.25, 0.3) is 0 Å². The molecule has 2 aliphatic rings. The highest BCUT2D eigenvalue weighted by molar-refractivity contribution is 7.14. The average Bonchev–Trinajstić information content (AvgIpc) is 2.88. The SMILES string of the molecule is C[C@H]1CNCCN1C(=O)c1cc2c(s1)CCC2. The van der Waals surface area contributed by atoms with Crippen molar-refractivity contribution in [1.29, 1.82) is 0 Å². The summed E-state index contributed by atoms with van der Waals surface area (Å²) in [7, 11) is 0. The molecule has 0 aromatic carbocycles. The van der Waals surface area contributed by atoms with Gasteiger partial charge in [0.25, 0.3) is 5.91 Å². The Bertz CT molecular complexity index is 419. The molecule has 1 N–H and O–H groups in total. The van der Waals surface area contributed by atoms with Crippen molar-refractivity contribution in [3.63, 3.8) is 0 Å². The van der Waals surface area contributed by atoms with E-state index < -0.39 is 0 Å². The molecule has 2 heterocycles. The summed E-state index contributed by atoms with van der Waals surface area (Å²) in [5.74, 6) is 0.235. The number of nitrogens with zero attached hydrogens (tertiary/aromatic N) is 1. The van der Waals surface area contributed by atoms with Gasteiger partial charge >= 0.3 is 0 Å². The zero-order valence-electron chi connectivity index (χ0n) is 10.2. The molecule has 0 radical (unpaired) electrons. The fourth-order valence-electron chi connectivity index (χ4n) is 2.72. The van der Waals surface area contributed by atoms with Crippen molar-refractivity contribution in [1.82, 2.24) is 10.2 Å². The Balaban J connectivity index is 1.80. The van der Waals surface area contributed by atoms with Crippen molar-refractivity contribution >= 4 is 17.2 Å². The molecule has 1 saturated heterocycles. The lowest BCUT2D eigenvalue weighted by Gasteiger charge is -2.33. The predicted molar refractivity (Wildman–Crippen MR) is 69.7 cm³/mol. The number of thiophene rings is 1. The smallest absolute Gasteiger partial charge is 0.264 e. The molecule has 1 aromatic heterocycles. The molecule has 4 heteroatoms. The first-order valence-corrected chi connectivity index (χ1v) is 7.20. The minimum absolute atomic E-state index is 0.235. The summed E-state index contributed by atoms with van der Waals surface area (Å²) in [6, 6.07) is 2.44. The van der Waals surface area contributed by atoms with E-state index >= 15 is 0 Å². The fourth-order valence-corrected chi connectivity index (χ4v) is 3.93. The second-order valence-electron chi connectivity index (χ2n) is 4.96. The van der Waals surface area contributed by atoms with E-state index in [2.05, 4.69) is 18.3 Å². The van der Waals surface area contributed by atoms with E-state index in [1.54, 1.807) is 11.3 Å². The molecule has 1 fully saturated rings. The van der Waals surface area contributed by atoms with Gasteiger partial charge in [0, 0.05) is 30.6 Å². The van der Waals surface area contributed by atoms with Gasteiger partial charge in [0.1, 0.15) is 0 Å². The summed E-state index contributed by atoms with van der Waals surface area (Å²) in [4.78, 5) is 16.8. The van der Waals surface area contributed by atoms with Crippen molar-refractivity contribution in [2.24, 2.45) is 0 Å². The molecular weight excluding hydrogens is 232 g/mol. The van der Waals surface area contributed by atoms with Gasteiger partial charge in [-0.2, -0.15) is 0 Å². The number of piperazine rings is 1. The molecule has 0 saturated carbocycles. The lowest BCUT2D eigenvalue weighted by Crippen LogP contribution is -2.52. The van der Waals surface area contributed by atoms with Crippen LogP contribution in [-0.4, -0.2) is 36.5 Å². The largest absolute Gasteiger partial charge is 0.333 e. The number of amides is 1. The van der Waals surface area contributed by atoms with Crippen molar-refractivity contribution in [3.05, 3.63) is 21.4 Å². The number of rotatable bonds is 1. The average molecular weight is 250 g/mol. The number of fused-ring (bicyclic) bond motifs is 1. The third-order valence-electron chi connectivity index (χ3n) is 3.72. The maximum absolute atomic E-state index is 12.4. The van der Waals surface area contributed by atoms with Gasteiger partial charge in [-0.3, -0.25) is 4.79 Å². The molecule has 1 aromatic rings. The zero-order valence-corrected chi connectivity index (χ0v) is 11.0. The molecule has 1 amide bonds. The normalized spacial score (nSPS) is 23.8. The Morgan fingerprint density at radius 3 is 3.18 bits per heavy atom. The standard InChI is InChI=1S/C13H18N2OS/c1-9-8-14-5-6-15(9)13(16)12-7-10-3-2-4-11(10)17-12/h7,9,14H,2-6,8H2,1H3/t9-/m0/s1. The van der Waals surface area contributed by atoms with Crippen molar-refractivity contribution in [2.75, 3.05) is 19.6 Å². The molecule has 0 bridgehead atoms. The van der Waals surface area contributed by atoms with E-state index in [1.807, 2.05) is 4.90 Å². The summed E-state index contributed by atoms with van der Waals surface area (Å²) < 4.78 is 0. The van der Waals surface area contributed by atoms with Crippen LogP contribution in [0.2, 0.25) is 0 Å². The molecule has 1 aliphatic heterocycles. The maximum atomic E-state index is 12.4. The lowest BCUT2D eigenvalue weighted by atomic mass is 10.2. The minimum Gasteiger partial charge on any atom is -0.333 e. The quantitative estimate of drug-likeness (QED) is 0.822. The Kier molecular flexibility index (Phi) is 2.92. The van der Waals surface area contributed by atoms with Gasteiger partial charge in [0.05, 0.1) is 4.88 Å². The highest BCUT2D eigenvalue weighted by atomic mass is 32.1. The van der Waals surface area contributed by atoms with Crippen LogP contribution in [0.5, 0.6) is 0 Å². The summed E-state index contributed by atoms with van der Waals surface area (Å²) in [5, 5.41) is 3.32. The third-order valence-corrected chi connectivity index (χ3v) is 4.94. The Morgan fingerprint density at radius 1 is 1.53 bits per heavy atom. The third kappa shape index (κ3) is 2.00. The van der Waals surface area contributed by atoms with Crippen molar-refractivity contribution in [3.8, 4) is 0 Å². The van der Waals surface area contributed by atoms with E-state index in [1.165, 1.54) is 23.3 Å². The molecule has 0 spiro atoms. The molecule has 17 heavy (non-hydrogen) atoms. The van der Waals surface area contributed by atoms with Gasteiger partial charge in [-0.1, -0.05) is 0 Å². The Hall–Kier alpha value is -0.870. The van der Waals surface area contributed by atoms with E-state index in [4.69, 9.17) is 0 Å². The molecule has 0 unspecified atom stereocenters. The van der Waals surface area contributed by atoms with Gasteiger partial charge in [-0.15, -0.1) is 11.3 Å². The topological polar surface area (TPSA) is 32.3 Å². The number of hydrogen-bond donors (Lipinski definition) is 1. The van der Waals surface area contributed by atoms with Crippen molar-refractivity contribution < 1.29 is 4.79 Å². The van der Waals surface area contributed by atoms with Crippen LogP contribution in [0.1, 0.15) is 33.5 Å². The van der Waals surface area contributed by atoms with E-state index in [-0.39, 0.29) is 5.91 Å². The minimum atomic E-state index is 0.235. The Morgan fingerprint density at radius 2 is 2.41 bits per heavy atom. The second-order valence-corrected chi connectivity index (χ2v) is 6.10. The number of aryl methyl sites for hydroxylation is 2. The molecule has 1 atom stereocenters. The monoisotopic (exact) mass is 250 g/mol. The van der Waals surface area contributed by atoms with Gasteiger partial charge in [-0.25, -0.2) is 0 Å². The van der Waals surface area contributed by atoms with Crippen LogP contribution >= 0.6 is 11.3 Å². The summed E-state index contributed by atoms with van der Waals surface area (Å²) in [6.45, 7) is 4.78. The zero-order chi connectivity index (χ0) is 11.8. The number of carbonyl (C=O) groups is 1. The van der Waals surface area contributed by atoms with E-state index in [0.29, 0.717) is 6.04 Å². The number of hydrogen-bond acceptors (Lipinski definition) is 3. The van der Waals surface area contributed by atoms with Crippen molar-refractivity contribution in [2.45, 2.75) is 32.2 Å². The highest BCUT2D eigenvalue weighted by Gasteiger charge is 2.26. The summed E-state index contributed by atoms with van der Waals surface area (Å²) in [6.07, 6.45) is 3.60. The molecule has 1 aliphatic carbocycles. The van der Waals surface area contributed by atoms with Gasteiger partial charge in [0.15, 0.2) is 0 Å². The fraction of sp³-hybridized carbons (Fsp3) is 0.615. The first kappa shape index (κ1) is 11.2. The molecule has 3 nitrogen and oxygen atoms in total. The first-order chi connectivity index (χ1) is 8.25. The maximum Gasteiger partial charge on any atom is 0.264 e. The van der Waals surface area contributed by atoms with E-state index in [9.17, 15) is 4.79 Å². The van der Waals surface area contributed by atoms with Crippen LogP contribution in [0.15, 0.2) is 6.07 Å². The molecule has 3 rings (SSSR count). The Labute approximate surface area is 106 Å². The van der Waals surface area contributed by atoms with Gasteiger partial charge in [0.2, 0.25) is 0 Å². The van der Waals surface area contributed by atoms with Crippen LogP contribution in [-0.2, 0) is 12.8 Å². The van der Waals surface area contributed by atoms with Crippen LogP contribution in [0, 0.1) is 0 Å². The van der Waals surface area contributed by atoms with E-state index in [0.717, 1.165) is 30.9 Å². The second kappa shape index (κ2) is 4.42. The van der Waals surface area contributed by atoms with Crippen LogP contribution in [0.3, 0.4) is 0 Å².